The van der Waals surface area contributed by atoms with Crippen LogP contribution in [0.15, 0.2) is 78.9 Å². The average molecular weight is 602 g/mol. The molecular weight excluding hydrogens is 570 g/mol. The lowest BCUT2D eigenvalue weighted by Gasteiger charge is -2.29. The topological polar surface area (TPSA) is 194 Å². The minimum atomic E-state index is -1.32. The lowest BCUT2D eigenvalue weighted by Crippen LogP contribution is -2.50. The van der Waals surface area contributed by atoms with Crippen LogP contribution in [0.5, 0.6) is 0 Å². The van der Waals surface area contributed by atoms with Crippen molar-refractivity contribution in [3.05, 3.63) is 95.6 Å². The maximum absolute atomic E-state index is 13.8. The van der Waals surface area contributed by atoms with Gasteiger partial charge in [0.2, 0.25) is 11.8 Å². The highest BCUT2D eigenvalue weighted by molar-refractivity contribution is 6.11. The molecule has 2 atom stereocenters. The second kappa shape index (κ2) is 14.4. The Balaban J connectivity index is 1.56. The molecule has 1 heterocycles. The maximum atomic E-state index is 13.8. The predicted octanol–water partition coefficient (Wildman–Crippen LogP) is 2.97. The van der Waals surface area contributed by atoms with Gasteiger partial charge < -0.3 is 36.4 Å². The molecule has 1 unspecified atom stereocenters. The van der Waals surface area contributed by atoms with Crippen LogP contribution in [0.3, 0.4) is 0 Å². The van der Waals surface area contributed by atoms with Crippen molar-refractivity contribution >= 4 is 47.1 Å². The van der Waals surface area contributed by atoms with Gasteiger partial charge in [0, 0.05) is 18.7 Å². The molecule has 44 heavy (non-hydrogen) atoms. The van der Waals surface area contributed by atoms with Crippen molar-refractivity contribution in [3.63, 3.8) is 0 Å². The van der Waals surface area contributed by atoms with Crippen LogP contribution < -0.4 is 21.3 Å². The molecule has 0 saturated heterocycles. The zero-order valence-electron chi connectivity index (χ0n) is 23.5. The van der Waals surface area contributed by atoms with Crippen LogP contribution in [-0.2, 0) is 25.7 Å². The summed E-state index contributed by atoms with van der Waals surface area (Å²) in [5.41, 5.74) is 1.72. The van der Waals surface area contributed by atoms with Gasteiger partial charge >= 0.3 is 18.0 Å². The molecule has 5 amide bonds. The van der Waals surface area contributed by atoms with Gasteiger partial charge in [-0.25, -0.2) is 4.79 Å². The Morgan fingerprint density at radius 2 is 1.57 bits per heavy atom. The molecule has 0 aromatic heterocycles. The summed E-state index contributed by atoms with van der Waals surface area (Å²) in [6.45, 7) is -0.402. The summed E-state index contributed by atoms with van der Waals surface area (Å²) >= 11 is 0. The first-order valence-corrected chi connectivity index (χ1v) is 13.7. The number of carboxylic acid groups (broad SMARTS) is 2. The lowest BCUT2D eigenvalue weighted by molar-refractivity contribution is -0.138. The molecule has 0 spiro atoms. The number of rotatable bonds is 12. The lowest BCUT2D eigenvalue weighted by atomic mass is 10.0. The number of aliphatic carboxylic acids is 2. The van der Waals surface area contributed by atoms with Crippen molar-refractivity contribution in [1.29, 1.82) is 0 Å². The number of carboxylic acids is 2. The Morgan fingerprint density at radius 1 is 0.886 bits per heavy atom. The Kier molecular flexibility index (Phi) is 10.3. The van der Waals surface area contributed by atoms with E-state index in [0.717, 1.165) is 10.5 Å². The van der Waals surface area contributed by atoms with Gasteiger partial charge in [-0.2, -0.15) is 0 Å². The normalized spacial score (nSPS) is 14.8. The van der Waals surface area contributed by atoms with Crippen molar-refractivity contribution in [2.24, 2.45) is 0 Å². The summed E-state index contributed by atoms with van der Waals surface area (Å²) in [5.74, 6) is -4.57. The molecule has 4 rings (SSSR count). The van der Waals surface area contributed by atoms with Gasteiger partial charge in [0.25, 0.3) is 5.91 Å². The van der Waals surface area contributed by atoms with Crippen LogP contribution in [0.1, 0.15) is 46.8 Å². The molecule has 0 bridgehead atoms. The van der Waals surface area contributed by atoms with E-state index in [9.17, 15) is 39.0 Å². The molecule has 3 aromatic rings. The number of carbonyl (C=O) groups is 6. The third kappa shape index (κ3) is 8.41. The minimum Gasteiger partial charge on any atom is -0.481 e. The van der Waals surface area contributed by atoms with Crippen molar-refractivity contribution in [1.82, 2.24) is 15.5 Å². The van der Waals surface area contributed by atoms with E-state index in [-0.39, 0.29) is 29.9 Å². The summed E-state index contributed by atoms with van der Waals surface area (Å²) in [5, 5.41) is 29.2. The molecule has 1 aliphatic rings. The van der Waals surface area contributed by atoms with Gasteiger partial charge in [-0.05, 0) is 35.7 Å². The van der Waals surface area contributed by atoms with Crippen LogP contribution in [0.25, 0.3) is 0 Å². The van der Waals surface area contributed by atoms with E-state index in [2.05, 4.69) is 21.3 Å². The quantitative estimate of drug-likeness (QED) is 0.182. The van der Waals surface area contributed by atoms with Gasteiger partial charge in [0.05, 0.1) is 23.7 Å². The Morgan fingerprint density at radius 3 is 2.23 bits per heavy atom. The van der Waals surface area contributed by atoms with E-state index in [1.807, 2.05) is 30.3 Å². The zero-order valence-corrected chi connectivity index (χ0v) is 23.5. The number of amides is 5. The molecule has 228 valence electrons. The standard InChI is InChI=1S/C31H31N5O8/c37-26(34-24(16-28(40)41)20-9-5-2-6-10-20)18-36-25(13-14-27(38)39)29(42)35-23-12-11-21(15-22(23)30(36)43)33-31(44)32-17-19-7-3-1-4-8-19/h1-12,15,24-25H,13-14,16-18H2,(H,34,37)(H,35,42)(H,38,39)(H,40,41)(H2,32,33,44)/t24?,25-/m0/s1. The number of anilines is 2. The van der Waals surface area contributed by atoms with Crippen molar-refractivity contribution in [3.8, 4) is 0 Å². The predicted molar refractivity (Wildman–Crippen MR) is 159 cm³/mol. The monoisotopic (exact) mass is 601 g/mol. The molecular formula is C31H31N5O8. The summed E-state index contributed by atoms with van der Waals surface area (Å²) in [7, 11) is 0. The van der Waals surface area contributed by atoms with Crippen LogP contribution in [-0.4, -0.2) is 63.4 Å². The molecule has 1 aliphatic heterocycles. The summed E-state index contributed by atoms with van der Waals surface area (Å²) in [6, 6.07) is 19.1. The number of carbonyl (C=O) groups excluding carboxylic acids is 4. The first-order chi connectivity index (χ1) is 21.1. The molecule has 13 heteroatoms. The van der Waals surface area contributed by atoms with Gasteiger partial charge in [0.1, 0.15) is 12.6 Å². The number of urea groups is 1. The minimum absolute atomic E-state index is 0.0324. The number of benzene rings is 3. The summed E-state index contributed by atoms with van der Waals surface area (Å²) in [4.78, 5) is 76.6. The number of nitrogens with one attached hydrogen (secondary N) is 4. The smallest absolute Gasteiger partial charge is 0.319 e. The maximum Gasteiger partial charge on any atom is 0.319 e. The van der Waals surface area contributed by atoms with Crippen LogP contribution in [0, 0.1) is 0 Å². The second-order valence-electron chi connectivity index (χ2n) is 10.1. The number of fused-ring (bicyclic) bond motifs is 1. The first kappa shape index (κ1) is 31.2. The van der Waals surface area contributed by atoms with E-state index in [0.29, 0.717) is 5.56 Å². The van der Waals surface area contributed by atoms with E-state index >= 15 is 0 Å². The Bertz CT molecular complexity index is 1550. The molecule has 13 nitrogen and oxygen atoms in total. The zero-order chi connectivity index (χ0) is 31.6. The van der Waals surface area contributed by atoms with E-state index in [1.54, 1.807) is 30.3 Å². The SMILES string of the molecule is O=C(O)CC[C@H]1C(=O)Nc2ccc(NC(=O)NCc3ccccc3)cc2C(=O)N1CC(=O)NC(CC(=O)O)c1ccccc1. The molecule has 3 aromatic carbocycles. The second-order valence-corrected chi connectivity index (χ2v) is 10.1. The van der Waals surface area contributed by atoms with Gasteiger partial charge in [-0.3, -0.25) is 24.0 Å². The first-order valence-electron chi connectivity index (χ1n) is 13.7. The van der Waals surface area contributed by atoms with E-state index < -0.39 is 67.2 Å². The number of nitrogens with zero attached hydrogens (tertiary/aromatic N) is 1. The molecule has 0 fully saturated rings. The van der Waals surface area contributed by atoms with Crippen LogP contribution in [0.2, 0.25) is 0 Å². The van der Waals surface area contributed by atoms with E-state index in [4.69, 9.17) is 0 Å². The third-order valence-corrected chi connectivity index (χ3v) is 6.86. The van der Waals surface area contributed by atoms with Gasteiger partial charge in [-0.15, -0.1) is 0 Å². The van der Waals surface area contributed by atoms with Gasteiger partial charge in [0.15, 0.2) is 0 Å². The molecule has 6 N–H and O–H groups in total. The number of hydrogen-bond donors (Lipinski definition) is 6. The van der Waals surface area contributed by atoms with Crippen LogP contribution >= 0.6 is 0 Å². The fourth-order valence-electron chi connectivity index (χ4n) is 4.75. The fraction of sp³-hybridized carbons (Fsp3) is 0.226. The Hall–Kier alpha value is -5.72. The molecule has 0 aliphatic carbocycles. The highest BCUT2D eigenvalue weighted by Gasteiger charge is 2.37. The van der Waals surface area contributed by atoms with Crippen molar-refractivity contribution in [2.75, 3.05) is 17.2 Å². The Labute approximate surface area is 252 Å². The summed E-state index contributed by atoms with van der Waals surface area (Å²) in [6.07, 6.45) is -1.17. The van der Waals surface area contributed by atoms with Crippen molar-refractivity contribution in [2.45, 2.75) is 37.9 Å². The summed E-state index contributed by atoms with van der Waals surface area (Å²) < 4.78 is 0. The fourth-order valence-corrected chi connectivity index (χ4v) is 4.75. The number of hydrogen-bond acceptors (Lipinski definition) is 6. The van der Waals surface area contributed by atoms with E-state index in [1.165, 1.54) is 18.2 Å². The molecule has 0 saturated carbocycles. The van der Waals surface area contributed by atoms with Crippen LogP contribution in [0.4, 0.5) is 16.2 Å². The average Bonchev–Trinajstić information content (AvgIpc) is 3.09. The molecule has 0 radical (unpaired) electrons. The highest BCUT2D eigenvalue weighted by Crippen LogP contribution is 2.28. The van der Waals surface area contributed by atoms with Gasteiger partial charge in [-0.1, -0.05) is 60.7 Å². The van der Waals surface area contributed by atoms with Crippen molar-refractivity contribution < 1.29 is 39.0 Å². The third-order valence-electron chi connectivity index (χ3n) is 6.86. The largest absolute Gasteiger partial charge is 0.481 e. The highest BCUT2D eigenvalue weighted by atomic mass is 16.4.